The summed E-state index contributed by atoms with van der Waals surface area (Å²) in [6.45, 7) is 5.74. The van der Waals surface area contributed by atoms with Crippen LogP contribution >= 0.6 is 11.6 Å². The molecule has 0 radical (unpaired) electrons. The Bertz CT molecular complexity index is 897. The predicted molar refractivity (Wildman–Crippen MR) is 106 cm³/mol. The van der Waals surface area contributed by atoms with Gasteiger partial charge in [0.1, 0.15) is 0 Å². The SMILES string of the molecule is CC(=O)N1C[C@H]2CN(C(=O)c3ccccc3Cl)C[C@H]2[C@@H]1c1ccccc1C. The largest absolute Gasteiger partial charge is 0.338 e. The monoisotopic (exact) mass is 382 g/mol. The average Bonchev–Trinajstić information content (AvgIpc) is 3.20. The number of rotatable bonds is 2. The maximum Gasteiger partial charge on any atom is 0.255 e. The Hall–Kier alpha value is -2.33. The maximum absolute atomic E-state index is 13.0. The van der Waals surface area contributed by atoms with Gasteiger partial charge in [-0.25, -0.2) is 0 Å². The van der Waals surface area contributed by atoms with Gasteiger partial charge in [-0.3, -0.25) is 9.59 Å². The summed E-state index contributed by atoms with van der Waals surface area (Å²) in [5, 5.41) is 0.486. The Kier molecular flexibility index (Phi) is 4.68. The van der Waals surface area contributed by atoms with Crippen LogP contribution in [-0.4, -0.2) is 41.2 Å². The standard InChI is InChI=1S/C22H23ClN2O2/c1-14-7-3-4-8-17(14)21-19-13-24(11-16(19)12-25(21)15(2)26)22(27)18-9-5-6-10-20(18)23/h3-10,16,19,21H,11-13H2,1-2H3/t16-,19-,21+/m1/s1. The van der Waals surface area contributed by atoms with E-state index in [0.29, 0.717) is 36.1 Å². The molecule has 4 rings (SSSR count). The molecule has 0 aromatic heterocycles. The normalized spacial score (nSPS) is 24.2. The lowest BCUT2D eigenvalue weighted by Gasteiger charge is -2.30. The van der Waals surface area contributed by atoms with Gasteiger partial charge in [0.15, 0.2) is 0 Å². The van der Waals surface area contributed by atoms with Gasteiger partial charge in [0.05, 0.1) is 16.6 Å². The molecule has 0 N–H and O–H groups in total. The quantitative estimate of drug-likeness (QED) is 0.789. The van der Waals surface area contributed by atoms with Gasteiger partial charge in [0.25, 0.3) is 5.91 Å². The van der Waals surface area contributed by atoms with Gasteiger partial charge in [-0.05, 0) is 30.2 Å². The van der Waals surface area contributed by atoms with Crippen LogP contribution < -0.4 is 0 Å². The summed E-state index contributed by atoms with van der Waals surface area (Å²) in [5.41, 5.74) is 2.92. The lowest BCUT2D eigenvalue weighted by Crippen LogP contribution is -2.36. The van der Waals surface area contributed by atoms with Crippen LogP contribution in [0.4, 0.5) is 0 Å². The van der Waals surface area contributed by atoms with Gasteiger partial charge in [0, 0.05) is 38.4 Å². The molecule has 2 amide bonds. The van der Waals surface area contributed by atoms with Crippen LogP contribution in [0.3, 0.4) is 0 Å². The Balaban J connectivity index is 1.63. The fourth-order valence-electron chi connectivity index (χ4n) is 4.66. The zero-order chi connectivity index (χ0) is 19.1. The highest BCUT2D eigenvalue weighted by molar-refractivity contribution is 6.33. The molecule has 140 valence electrons. The molecule has 2 fully saturated rings. The first-order valence-corrected chi connectivity index (χ1v) is 9.71. The highest BCUT2D eigenvalue weighted by Crippen LogP contribution is 2.46. The summed E-state index contributed by atoms with van der Waals surface area (Å²) >= 11 is 6.23. The summed E-state index contributed by atoms with van der Waals surface area (Å²) in [6.07, 6.45) is 0. The van der Waals surface area contributed by atoms with Crippen LogP contribution in [0, 0.1) is 18.8 Å². The Morgan fingerprint density at radius 1 is 1.00 bits per heavy atom. The molecule has 2 aliphatic rings. The molecule has 0 saturated carbocycles. The van der Waals surface area contributed by atoms with E-state index in [4.69, 9.17) is 11.6 Å². The van der Waals surface area contributed by atoms with E-state index >= 15 is 0 Å². The molecule has 0 aliphatic carbocycles. The highest BCUT2D eigenvalue weighted by atomic mass is 35.5. The van der Waals surface area contributed by atoms with Crippen molar-refractivity contribution in [2.75, 3.05) is 19.6 Å². The molecule has 27 heavy (non-hydrogen) atoms. The van der Waals surface area contributed by atoms with Crippen molar-refractivity contribution in [3.8, 4) is 0 Å². The number of likely N-dealkylation sites (tertiary alicyclic amines) is 2. The van der Waals surface area contributed by atoms with E-state index in [1.54, 1.807) is 19.1 Å². The van der Waals surface area contributed by atoms with Gasteiger partial charge >= 0.3 is 0 Å². The second kappa shape index (κ2) is 7.01. The zero-order valence-corrected chi connectivity index (χ0v) is 16.3. The van der Waals surface area contributed by atoms with Gasteiger partial charge in [0.2, 0.25) is 5.91 Å². The lowest BCUT2D eigenvalue weighted by atomic mass is 9.87. The molecule has 2 heterocycles. The number of amides is 2. The first kappa shape index (κ1) is 18.1. The third-order valence-corrected chi connectivity index (χ3v) is 6.30. The number of carbonyl (C=O) groups excluding carboxylic acids is 2. The summed E-state index contributed by atoms with van der Waals surface area (Å²) in [7, 11) is 0. The number of fused-ring (bicyclic) bond motifs is 1. The van der Waals surface area contributed by atoms with Crippen molar-refractivity contribution in [2.45, 2.75) is 19.9 Å². The van der Waals surface area contributed by atoms with E-state index < -0.39 is 0 Å². The second-order valence-electron chi connectivity index (χ2n) is 7.59. The Labute approximate surface area is 164 Å². The number of hydrogen-bond donors (Lipinski definition) is 0. The second-order valence-corrected chi connectivity index (χ2v) is 7.99. The first-order valence-electron chi connectivity index (χ1n) is 9.34. The van der Waals surface area contributed by atoms with Gasteiger partial charge in [-0.15, -0.1) is 0 Å². The predicted octanol–water partition coefficient (Wildman–Crippen LogP) is 3.94. The van der Waals surface area contributed by atoms with E-state index in [1.807, 2.05) is 34.1 Å². The van der Waals surface area contributed by atoms with Gasteiger partial charge in [-0.2, -0.15) is 0 Å². The van der Waals surface area contributed by atoms with Crippen molar-refractivity contribution in [3.63, 3.8) is 0 Å². The summed E-state index contributed by atoms with van der Waals surface area (Å²) in [6, 6.07) is 15.5. The number of halogens is 1. The van der Waals surface area contributed by atoms with Crippen LogP contribution in [0.1, 0.15) is 34.5 Å². The lowest BCUT2D eigenvalue weighted by molar-refractivity contribution is -0.130. The molecule has 2 saturated heterocycles. The minimum atomic E-state index is -0.0205. The molecule has 4 nitrogen and oxygen atoms in total. The number of nitrogens with zero attached hydrogens (tertiary/aromatic N) is 2. The van der Waals surface area contributed by atoms with Crippen LogP contribution in [0.25, 0.3) is 0 Å². The van der Waals surface area contributed by atoms with E-state index in [2.05, 4.69) is 19.1 Å². The third-order valence-electron chi connectivity index (χ3n) is 5.97. The number of benzene rings is 2. The zero-order valence-electron chi connectivity index (χ0n) is 15.6. The molecular formula is C22H23ClN2O2. The van der Waals surface area contributed by atoms with Crippen molar-refractivity contribution in [1.29, 1.82) is 0 Å². The number of aryl methyl sites for hydroxylation is 1. The Morgan fingerprint density at radius 3 is 2.41 bits per heavy atom. The number of hydrogen-bond acceptors (Lipinski definition) is 2. The minimum absolute atomic E-state index is 0.0205. The van der Waals surface area contributed by atoms with Crippen molar-refractivity contribution in [2.24, 2.45) is 11.8 Å². The van der Waals surface area contributed by atoms with E-state index in [-0.39, 0.29) is 23.8 Å². The molecule has 0 unspecified atom stereocenters. The fourth-order valence-corrected chi connectivity index (χ4v) is 4.87. The molecule has 5 heteroatoms. The molecule has 0 bridgehead atoms. The number of carbonyl (C=O) groups is 2. The first-order chi connectivity index (χ1) is 13.0. The van der Waals surface area contributed by atoms with Crippen LogP contribution in [0.2, 0.25) is 5.02 Å². The molecule has 0 spiro atoms. The molecule has 2 aromatic rings. The average molecular weight is 383 g/mol. The minimum Gasteiger partial charge on any atom is -0.338 e. The fraction of sp³-hybridized carbons (Fsp3) is 0.364. The van der Waals surface area contributed by atoms with Crippen molar-refractivity contribution >= 4 is 23.4 Å². The Morgan fingerprint density at radius 2 is 1.70 bits per heavy atom. The summed E-state index contributed by atoms with van der Waals surface area (Å²) < 4.78 is 0. The molecular weight excluding hydrogens is 360 g/mol. The highest BCUT2D eigenvalue weighted by Gasteiger charge is 2.49. The summed E-state index contributed by atoms with van der Waals surface area (Å²) in [4.78, 5) is 29.2. The van der Waals surface area contributed by atoms with E-state index in [0.717, 1.165) is 0 Å². The maximum atomic E-state index is 13.0. The van der Waals surface area contributed by atoms with Gasteiger partial charge < -0.3 is 9.80 Å². The van der Waals surface area contributed by atoms with Crippen LogP contribution in [0.15, 0.2) is 48.5 Å². The van der Waals surface area contributed by atoms with Crippen LogP contribution in [-0.2, 0) is 4.79 Å². The van der Waals surface area contributed by atoms with Crippen molar-refractivity contribution < 1.29 is 9.59 Å². The third kappa shape index (κ3) is 3.12. The van der Waals surface area contributed by atoms with Crippen molar-refractivity contribution in [1.82, 2.24) is 9.80 Å². The molecule has 2 aromatic carbocycles. The van der Waals surface area contributed by atoms with Gasteiger partial charge in [-0.1, -0.05) is 48.0 Å². The topological polar surface area (TPSA) is 40.6 Å². The molecule has 2 aliphatic heterocycles. The van der Waals surface area contributed by atoms with Crippen LogP contribution in [0.5, 0.6) is 0 Å². The smallest absolute Gasteiger partial charge is 0.255 e. The van der Waals surface area contributed by atoms with Crippen molar-refractivity contribution in [3.05, 3.63) is 70.2 Å². The van der Waals surface area contributed by atoms with E-state index in [9.17, 15) is 9.59 Å². The molecule has 3 atom stereocenters. The summed E-state index contributed by atoms with van der Waals surface area (Å²) in [5.74, 6) is 0.626. The van der Waals surface area contributed by atoms with E-state index in [1.165, 1.54) is 11.1 Å².